The number of phenols is 1. The summed E-state index contributed by atoms with van der Waals surface area (Å²) in [6, 6.07) is 4.05. The number of nitrogens with zero attached hydrogens (tertiary/aromatic N) is 3. The summed E-state index contributed by atoms with van der Waals surface area (Å²) in [6.07, 6.45) is 0. The Kier molecular flexibility index (Phi) is 5.79. The molecule has 4 heteroatoms. The number of phenolic OH excluding ortho intramolecular Hbond substituents is 1. The molecule has 0 amide bonds. The molecular formula is C15H27N3O. The largest absolute Gasteiger partial charge is 0.508 e. The Morgan fingerprint density at radius 2 is 1.05 bits per heavy atom. The molecule has 0 fully saturated rings. The van der Waals surface area contributed by atoms with Crippen LogP contribution in [0.4, 0.5) is 0 Å². The van der Waals surface area contributed by atoms with Gasteiger partial charge in [-0.05, 0) is 65.5 Å². The maximum atomic E-state index is 10.2. The summed E-state index contributed by atoms with van der Waals surface area (Å²) in [6.45, 7) is 2.50. The molecule has 0 aliphatic heterocycles. The minimum absolute atomic E-state index is 0.396. The fraction of sp³-hybridized carbons (Fsp3) is 0.600. The van der Waals surface area contributed by atoms with Crippen molar-refractivity contribution in [3.8, 4) is 5.75 Å². The molecule has 1 rings (SSSR count). The van der Waals surface area contributed by atoms with Crippen LogP contribution in [0.1, 0.15) is 16.7 Å². The van der Waals surface area contributed by atoms with Crippen molar-refractivity contribution in [2.75, 3.05) is 42.3 Å². The molecule has 0 aliphatic carbocycles. The predicted octanol–water partition coefficient (Wildman–Crippen LogP) is 1.58. The monoisotopic (exact) mass is 265 g/mol. The van der Waals surface area contributed by atoms with Crippen LogP contribution in [0, 0.1) is 0 Å². The van der Waals surface area contributed by atoms with Crippen LogP contribution in [0.25, 0.3) is 0 Å². The van der Waals surface area contributed by atoms with E-state index >= 15 is 0 Å². The molecule has 19 heavy (non-hydrogen) atoms. The summed E-state index contributed by atoms with van der Waals surface area (Å²) >= 11 is 0. The maximum absolute atomic E-state index is 10.2. The van der Waals surface area contributed by atoms with E-state index in [9.17, 15) is 5.11 Å². The lowest BCUT2D eigenvalue weighted by atomic mass is 10.0. The summed E-state index contributed by atoms with van der Waals surface area (Å²) in [7, 11) is 12.3. The molecule has 0 saturated heterocycles. The minimum Gasteiger partial charge on any atom is -0.508 e. The normalized spacial score (nSPS) is 11.8. The molecule has 0 unspecified atom stereocenters. The topological polar surface area (TPSA) is 30.0 Å². The smallest absolute Gasteiger partial charge is 0.120 e. The lowest BCUT2D eigenvalue weighted by molar-refractivity contribution is 0.370. The molecule has 0 heterocycles. The highest BCUT2D eigenvalue weighted by molar-refractivity contribution is 5.42. The van der Waals surface area contributed by atoms with Crippen LogP contribution in [0.3, 0.4) is 0 Å². The van der Waals surface area contributed by atoms with Gasteiger partial charge in [0.15, 0.2) is 0 Å². The summed E-state index contributed by atoms with van der Waals surface area (Å²) in [5.41, 5.74) is 3.47. The highest BCUT2D eigenvalue weighted by Gasteiger charge is 2.11. The van der Waals surface area contributed by atoms with Gasteiger partial charge in [-0.1, -0.05) is 0 Å². The average molecular weight is 265 g/mol. The van der Waals surface area contributed by atoms with Gasteiger partial charge in [-0.25, -0.2) is 0 Å². The standard InChI is InChI=1S/C15H27N3O/c1-16(2)9-12-7-14(11-18(5)6)15(19)8-13(12)10-17(3)4/h7-8,19H,9-11H2,1-6H3. The molecule has 0 aliphatic rings. The summed E-state index contributed by atoms with van der Waals surface area (Å²) in [5.74, 6) is 0.396. The first-order valence-electron chi connectivity index (χ1n) is 6.57. The highest BCUT2D eigenvalue weighted by Crippen LogP contribution is 2.25. The lowest BCUT2D eigenvalue weighted by Crippen LogP contribution is -2.18. The quantitative estimate of drug-likeness (QED) is 0.846. The van der Waals surface area contributed by atoms with Gasteiger partial charge in [0, 0.05) is 25.2 Å². The number of aromatic hydroxyl groups is 1. The zero-order valence-electron chi connectivity index (χ0n) is 13.1. The summed E-state index contributed by atoms with van der Waals surface area (Å²) in [5, 5.41) is 10.2. The van der Waals surface area contributed by atoms with E-state index in [-0.39, 0.29) is 0 Å². The zero-order chi connectivity index (χ0) is 14.6. The van der Waals surface area contributed by atoms with Crippen LogP contribution in [0.15, 0.2) is 12.1 Å². The molecule has 0 saturated carbocycles. The Labute approximate surface area is 117 Å². The van der Waals surface area contributed by atoms with Gasteiger partial charge in [-0.3, -0.25) is 0 Å². The van der Waals surface area contributed by atoms with Crippen molar-refractivity contribution in [3.05, 3.63) is 28.8 Å². The second-order valence-electron chi connectivity index (χ2n) is 5.96. The molecule has 1 aromatic rings. The van der Waals surface area contributed by atoms with Gasteiger partial charge >= 0.3 is 0 Å². The van der Waals surface area contributed by atoms with E-state index in [4.69, 9.17) is 0 Å². The molecule has 0 radical (unpaired) electrons. The molecule has 1 aromatic carbocycles. The maximum Gasteiger partial charge on any atom is 0.120 e. The van der Waals surface area contributed by atoms with Crippen molar-refractivity contribution in [1.82, 2.24) is 14.7 Å². The van der Waals surface area contributed by atoms with Gasteiger partial charge in [-0.2, -0.15) is 0 Å². The van der Waals surface area contributed by atoms with Crippen molar-refractivity contribution < 1.29 is 5.11 Å². The van der Waals surface area contributed by atoms with Gasteiger partial charge in [-0.15, -0.1) is 0 Å². The summed E-state index contributed by atoms with van der Waals surface area (Å²) in [4.78, 5) is 6.35. The van der Waals surface area contributed by atoms with Gasteiger partial charge in [0.05, 0.1) is 0 Å². The predicted molar refractivity (Wildman–Crippen MR) is 80.3 cm³/mol. The number of hydrogen-bond acceptors (Lipinski definition) is 4. The Hall–Kier alpha value is -1.10. The van der Waals surface area contributed by atoms with Gasteiger partial charge in [0.1, 0.15) is 5.75 Å². The van der Waals surface area contributed by atoms with Gasteiger partial charge in [0.2, 0.25) is 0 Å². The molecule has 4 nitrogen and oxygen atoms in total. The third-order valence-corrected chi connectivity index (χ3v) is 2.86. The van der Waals surface area contributed by atoms with Crippen molar-refractivity contribution in [1.29, 1.82) is 0 Å². The second kappa shape index (κ2) is 6.89. The van der Waals surface area contributed by atoms with Crippen LogP contribution in [0.5, 0.6) is 5.75 Å². The van der Waals surface area contributed by atoms with E-state index in [1.54, 1.807) is 0 Å². The van der Waals surface area contributed by atoms with Crippen molar-refractivity contribution in [3.63, 3.8) is 0 Å². The third-order valence-electron chi connectivity index (χ3n) is 2.86. The molecule has 0 atom stereocenters. The molecule has 0 spiro atoms. The van der Waals surface area contributed by atoms with Gasteiger partial charge in [0.25, 0.3) is 0 Å². The van der Waals surface area contributed by atoms with Crippen molar-refractivity contribution >= 4 is 0 Å². The number of benzene rings is 1. The Bertz CT molecular complexity index is 414. The van der Waals surface area contributed by atoms with Crippen molar-refractivity contribution in [2.24, 2.45) is 0 Å². The molecule has 108 valence electrons. The molecular weight excluding hydrogens is 238 g/mol. The molecule has 0 bridgehead atoms. The Morgan fingerprint density at radius 1 is 0.684 bits per heavy atom. The van der Waals surface area contributed by atoms with E-state index in [0.717, 1.165) is 25.2 Å². The van der Waals surface area contributed by atoms with E-state index in [1.807, 2.05) is 34.3 Å². The first-order chi connectivity index (χ1) is 8.79. The van der Waals surface area contributed by atoms with Crippen LogP contribution in [-0.2, 0) is 19.6 Å². The van der Waals surface area contributed by atoms with Crippen LogP contribution >= 0.6 is 0 Å². The minimum atomic E-state index is 0.396. The van der Waals surface area contributed by atoms with E-state index < -0.39 is 0 Å². The lowest BCUT2D eigenvalue weighted by Gasteiger charge is -2.20. The fourth-order valence-corrected chi connectivity index (χ4v) is 2.17. The first kappa shape index (κ1) is 16.0. The average Bonchev–Trinajstić information content (AvgIpc) is 2.22. The zero-order valence-corrected chi connectivity index (χ0v) is 13.1. The number of rotatable bonds is 6. The second-order valence-corrected chi connectivity index (χ2v) is 5.96. The fourth-order valence-electron chi connectivity index (χ4n) is 2.17. The highest BCUT2D eigenvalue weighted by atomic mass is 16.3. The molecule has 0 aromatic heterocycles. The summed E-state index contributed by atoms with van der Waals surface area (Å²) < 4.78 is 0. The van der Waals surface area contributed by atoms with Crippen LogP contribution < -0.4 is 0 Å². The van der Waals surface area contributed by atoms with Crippen LogP contribution in [-0.4, -0.2) is 62.1 Å². The van der Waals surface area contributed by atoms with Crippen LogP contribution in [0.2, 0.25) is 0 Å². The van der Waals surface area contributed by atoms with E-state index in [0.29, 0.717) is 5.75 Å². The first-order valence-corrected chi connectivity index (χ1v) is 6.57. The third kappa shape index (κ3) is 5.19. The molecule has 1 N–H and O–H groups in total. The van der Waals surface area contributed by atoms with E-state index in [1.165, 1.54) is 11.1 Å². The Morgan fingerprint density at radius 3 is 1.47 bits per heavy atom. The van der Waals surface area contributed by atoms with E-state index in [2.05, 4.69) is 34.9 Å². The Balaban J connectivity index is 3.12. The SMILES string of the molecule is CN(C)Cc1cc(CN(C)C)c(CN(C)C)cc1O. The van der Waals surface area contributed by atoms with Gasteiger partial charge < -0.3 is 19.8 Å². The number of hydrogen-bond donors (Lipinski definition) is 1. The van der Waals surface area contributed by atoms with Crippen molar-refractivity contribution in [2.45, 2.75) is 19.6 Å².